The number of para-hydroxylation sites is 1. The van der Waals surface area contributed by atoms with Crippen LogP contribution in [-0.2, 0) is 17.5 Å². The van der Waals surface area contributed by atoms with E-state index in [1.165, 1.54) is 16.8 Å². The Labute approximate surface area is 206 Å². The van der Waals surface area contributed by atoms with Crippen molar-refractivity contribution in [2.45, 2.75) is 39.5 Å². The number of hydrogen-bond donors (Lipinski definition) is 1. The highest BCUT2D eigenvalue weighted by Crippen LogP contribution is 2.42. The maximum Gasteiger partial charge on any atom is 0.443 e. The Kier molecular flexibility index (Phi) is 5.93. The molecule has 0 saturated carbocycles. The summed E-state index contributed by atoms with van der Waals surface area (Å²) in [5.74, 6) is 0.523. The molecule has 9 nitrogen and oxygen atoms in total. The van der Waals surface area contributed by atoms with Crippen LogP contribution in [0.5, 0.6) is 0 Å². The number of aromatic nitrogens is 6. The van der Waals surface area contributed by atoms with Crippen LogP contribution in [0.2, 0.25) is 0 Å². The molecule has 1 atom stereocenters. The number of hydrogen-bond acceptors (Lipinski definition) is 7. The van der Waals surface area contributed by atoms with Gasteiger partial charge in [-0.3, -0.25) is 4.79 Å². The number of carbonyl (C=O) groups excluding carboxylic acids is 1. The number of rotatable bonds is 4. The zero-order valence-electron chi connectivity index (χ0n) is 19.6. The molecule has 0 spiro atoms. The van der Waals surface area contributed by atoms with Crippen LogP contribution in [0.3, 0.4) is 0 Å². The van der Waals surface area contributed by atoms with Crippen LogP contribution in [0.25, 0.3) is 22.6 Å². The maximum atomic E-state index is 14.2. The molecule has 1 saturated heterocycles. The molecule has 190 valence electrons. The zero-order chi connectivity index (χ0) is 25.8. The standard InChI is InChI=1S/C22H22F4N8OS/c1-11-9-32(7-8-33(11)16(35)10-34-13(3)27-12(2)31-34)20-18(30-21(36-20)22(24,25)26)19-28-15-6-4-5-14(23)17(15)29-19/h4-6,11H,7-10H2,1-3H3,(H,28,29). The van der Waals surface area contributed by atoms with Crippen LogP contribution in [0, 0.1) is 19.7 Å². The monoisotopic (exact) mass is 522 g/mol. The van der Waals surface area contributed by atoms with Crippen molar-refractivity contribution < 1.29 is 22.4 Å². The molecule has 0 bridgehead atoms. The van der Waals surface area contributed by atoms with Crippen LogP contribution in [0.1, 0.15) is 23.6 Å². The van der Waals surface area contributed by atoms with E-state index in [0.29, 0.717) is 48.1 Å². The summed E-state index contributed by atoms with van der Waals surface area (Å²) in [5.41, 5.74) is 0.394. The van der Waals surface area contributed by atoms with Crippen LogP contribution >= 0.6 is 11.3 Å². The molecule has 1 amide bonds. The first kappa shape index (κ1) is 24.2. The number of halogens is 4. The number of piperazine rings is 1. The third kappa shape index (κ3) is 4.40. The number of fused-ring (bicyclic) bond motifs is 1. The first-order valence-electron chi connectivity index (χ1n) is 11.2. The Bertz CT molecular complexity index is 1440. The average Bonchev–Trinajstić information content (AvgIpc) is 3.50. The second-order valence-corrected chi connectivity index (χ2v) is 9.62. The van der Waals surface area contributed by atoms with Crippen LogP contribution in [0.4, 0.5) is 22.6 Å². The molecule has 1 N–H and O–H groups in total. The lowest BCUT2D eigenvalue weighted by Gasteiger charge is -2.40. The van der Waals surface area contributed by atoms with E-state index in [2.05, 4.69) is 25.0 Å². The molecule has 36 heavy (non-hydrogen) atoms. The van der Waals surface area contributed by atoms with Crippen molar-refractivity contribution in [3.05, 3.63) is 40.7 Å². The van der Waals surface area contributed by atoms with Crippen LogP contribution in [0.15, 0.2) is 18.2 Å². The first-order valence-corrected chi connectivity index (χ1v) is 12.0. The van der Waals surface area contributed by atoms with Gasteiger partial charge in [-0.1, -0.05) is 17.4 Å². The highest BCUT2D eigenvalue weighted by Gasteiger charge is 2.39. The van der Waals surface area contributed by atoms with E-state index in [1.54, 1.807) is 29.7 Å². The SMILES string of the molecule is Cc1nc(C)n(CC(=O)N2CCN(c3sc(C(F)(F)F)nc3-c3nc4c(F)cccc4[nH]3)CC2C)n1. The van der Waals surface area contributed by atoms with E-state index >= 15 is 0 Å². The molecular formula is C22H22F4N8OS. The van der Waals surface area contributed by atoms with Crippen LogP contribution < -0.4 is 4.90 Å². The molecule has 4 heterocycles. The molecule has 3 aromatic heterocycles. The molecule has 14 heteroatoms. The van der Waals surface area contributed by atoms with E-state index in [0.717, 1.165) is 0 Å². The number of alkyl halides is 3. The van der Waals surface area contributed by atoms with Crippen molar-refractivity contribution in [3.63, 3.8) is 0 Å². The van der Waals surface area contributed by atoms with Gasteiger partial charge in [0.25, 0.3) is 0 Å². The summed E-state index contributed by atoms with van der Waals surface area (Å²) in [4.78, 5) is 31.5. The number of nitrogens with zero attached hydrogens (tertiary/aromatic N) is 7. The predicted molar refractivity (Wildman–Crippen MR) is 125 cm³/mol. The summed E-state index contributed by atoms with van der Waals surface area (Å²) >= 11 is 0.511. The molecule has 1 aliphatic heterocycles. The van der Waals surface area contributed by atoms with Gasteiger partial charge in [-0.05, 0) is 32.9 Å². The largest absolute Gasteiger partial charge is 0.443 e. The number of nitrogens with one attached hydrogen (secondary N) is 1. The van der Waals surface area contributed by atoms with Gasteiger partial charge >= 0.3 is 6.18 Å². The zero-order valence-corrected chi connectivity index (χ0v) is 20.4. The second kappa shape index (κ2) is 8.84. The van der Waals surface area contributed by atoms with Gasteiger partial charge in [0.15, 0.2) is 11.6 Å². The van der Waals surface area contributed by atoms with Crippen molar-refractivity contribution in [3.8, 4) is 11.5 Å². The number of imidazole rings is 1. The van der Waals surface area contributed by atoms with Gasteiger partial charge in [0.05, 0.1) is 5.52 Å². The number of thiazole rings is 1. The third-order valence-electron chi connectivity index (χ3n) is 6.02. The lowest BCUT2D eigenvalue weighted by atomic mass is 10.2. The van der Waals surface area contributed by atoms with Crippen molar-refractivity contribution in [2.24, 2.45) is 0 Å². The Balaban J connectivity index is 1.42. The number of benzene rings is 1. The smallest absolute Gasteiger partial charge is 0.358 e. The highest BCUT2D eigenvalue weighted by molar-refractivity contribution is 7.16. The van der Waals surface area contributed by atoms with Crippen molar-refractivity contribution in [1.29, 1.82) is 0 Å². The van der Waals surface area contributed by atoms with E-state index in [1.807, 2.05) is 6.92 Å². The topological polar surface area (TPSA) is 95.8 Å². The van der Waals surface area contributed by atoms with E-state index in [4.69, 9.17) is 0 Å². The van der Waals surface area contributed by atoms with Gasteiger partial charge in [-0.2, -0.15) is 18.3 Å². The summed E-state index contributed by atoms with van der Waals surface area (Å²) in [6.45, 7) is 6.28. The number of anilines is 1. The third-order valence-corrected chi connectivity index (χ3v) is 7.18. The summed E-state index contributed by atoms with van der Waals surface area (Å²) in [6.07, 6.45) is -4.65. The van der Waals surface area contributed by atoms with Gasteiger partial charge in [0.2, 0.25) is 10.9 Å². The minimum Gasteiger partial charge on any atom is -0.358 e. The van der Waals surface area contributed by atoms with Gasteiger partial charge in [-0.15, -0.1) is 0 Å². The minimum atomic E-state index is -4.65. The minimum absolute atomic E-state index is 0.00335. The molecule has 0 aliphatic carbocycles. The number of carbonyl (C=O) groups is 1. The molecule has 4 aromatic rings. The lowest BCUT2D eigenvalue weighted by Crippen LogP contribution is -2.54. The molecule has 5 rings (SSSR count). The molecule has 1 aliphatic rings. The number of H-pyrrole nitrogens is 1. The van der Waals surface area contributed by atoms with Crippen molar-refractivity contribution in [2.75, 3.05) is 24.5 Å². The highest BCUT2D eigenvalue weighted by atomic mass is 32.1. The molecule has 1 unspecified atom stereocenters. The average molecular weight is 523 g/mol. The summed E-state index contributed by atoms with van der Waals surface area (Å²) < 4.78 is 56.5. The molecule has 1 aromatic carbocycles. The van der Waals surface area contributed by atoms with E-state index in [9.17, 15) is 22.4 Å². The Morgan fingerprint density at radius 3 is 2.61 bits per heavy atom. The number of aryl methyl sites for hydroxylation is 2. The van der Waals surface area contributed by atoms with E-state index < -0.39 is 17.0 Å². The fourth-order valence-corrected chi connectivity index (χ4v) is 5.32. The summed E-state index contributed by atoms with van der Waals surface area (Å²) in [5, 5.41) is 3.48. The Morgan fingerprint density at radius 1 is 1.19 bits per heavy atom. The molecule has 1 fully saturated rings. The van der Waals surface area contributed by atoms with E-state index in [-0.39, 0.29) is 40.5 Å². The van der Waals surface area contributed by atoms with Crippen molar-refractivity contribution in [1.82, 2.24) is 34.6 Å². The molecular weight excluding hydrogens is 500 g/mol. The Morgan fingerprint density at radius 2 is 1.97 bits per heavy atom. The Hall–Kier alpha value is -3.55. The fourth-order valence-electron chi connectivity index (χ4n) is 4.35. The van der Waals surface area contributed by atoms with Crippen molar-refractivity contribution >= 4 is 33.3 Å². The lowest BCUT2D eigenvalue weighted by molar-refractivity contribution is -0.137. The quantitative estimate of drug-likeness (QED) is 0.410. The summed E-state index contributed by atoms with van der Waals surface area (Å²) in [7, 11) is 0. The van der Waals surface area contributed by atoms with Gasteiger partial charge < -0.3 is 14.8 Å². The second-order valence-electron chi connectivity index (χ2n) is 8.64. The first-order chi connectivity index (χ1) is 17.0. The van der Waals surface area contributed by atoms with Gasteiger partial charge in [0, 0.05) is 25.7 Å². The molecule has 0 radical (unpaired) electrons. The fraction of sp³-hybridized carbons (Fsp3) is 0.409. The van der Waals surface area contributed by atoms with Gasteiger partial charge in [-0.25, -0.2) is 24.0 Å². The number of aromatic amines is 1. The maximum absolute atomic E-state index is 14.2. The number of amides is 1. The normalized spacial score (nSPS) is 16.8. The predicted octanol–water partition coefficient (Wildman–Crippen LogP) is 3.79. The van der Waals surface area contributed by atoms with Gasteiger partial charge in [0.1, 0.15) is 34.4 Å². The summed E-state index contributed by atoms with van der Waals surface area (Å²) in [6, 6.07) is 4.03. The van der Waals surface area contributed by atoms with Crippen LogP contribution in [-0.4, -0.2) is 66.2 Å².